The molecule has 4 rings (SSSR count). The predicted molar refractivity (Wildman–Crippen MR) is 92.0 cm³/mol. The number of rotatable bonds is 3. The molecule has 3 aromatic rings. The third-order valence-corrected chi connectivity index (χ3v) is 4.82. The topological polar surface area (TPSA) is 140 Å². The van der Waals surface area contributed by atoms with Crippen molar-refractivity contribution in [2.24, 2.45) is 0 Å². The first-order valence-corrected chi connectivity index (χ1v) is 8.34. The van der Waals surface area contributed by atoms with Crippen molar-refractivity contribution in [3.8, 4) is 0 Å². The van der Waals surface area contributed by atoms with E-state index in [9.17, 15) is 19.7 Å². The van der Waals surface area contributed by atoms with Gasteiger partial charge in [0.05, 0.1) is 11.3 Å². The van der Waals surface area contributed by atoms with Gasteiger partial charge in [-0.15, -0.1) is 0 Å². The normalized spacial score (nSPS) is 26.6. The molecule has 27 heavy (non-hydrogen) atoms. The quantitative estimate of drug-likeness (QED) is 0.504. The minimum absolute atomic E-state index is 0.157. The molecule has 1 saturated heterocycles. The maximum absolute atomic E-state index is 13.3. The van der Waals surface area contributed by atoms with Crippen molar-refractivity contribution < 1.29 is 24.4 Å². The van der Waals surface area contributed by atoms with Gasteiger partial charge in [-0.2, -0.15) is 0 Å². The number of halogens is 2. The lowest BCUT2D eigenvalue weighted by molar-refractivity contribution is -0.0849. The van der Waals surface area contributed by atoms with Gasteiger partial charge in [0, 0.05) is 0 Å². The van der Waals surface area contributed by atoms with Crippen molar-refractivity contribution in [1.29, 1.82) is 0 Å². The standard InChI is InChI=1S/C16H15ClFN5O4/c17-7-3-6(1-2-8(7)18)10(24)13-11(25)12(26)16(27-13)23-5-22-9-14(19)20-4-21-15(9)23/h1-5,10-13,16,24-26H,(H2,19,20,21)/t10-,11+,12-,13-,16-/m1/s1. The number of benzene rings is 1. The van der Waals surface area contributed by atoms with E-state index in [1.54, 1.807) is 0 Å². The molecule has 3 heterocycles. The molecule has 0 radical (unpaired) electrons. The molecule has 0 saturated carbocycles. The number of ether oxygens (including phenoxy) is 1. The highest BCUT2D eigenvalue weighted by atomic mass is 35.5. The molecule has 5 N–H and O–H groups in total. The number of fused-ring (bicyclic) bond motifs is 1. The van der Waals surface area contributed by atoms with Crippen LogP contribution in [0.15, 0.2) is 30.9 Å². The number of nitrogen functional groups attached to an aromatic ring is 1. The molecular weight excluding hydrogens is 381 g/mol. The molecule has 1 aliphatic heterocycles. The molecule has 2 aromatic heterocycles. The molecule has 0 aliphatic carbocycles. The maximum atomic E-state index is 13.3. The highest BCUT2D eigenvalue weighted by molar-refractivity contribution is 6.30. The summed E-state index contributed by atoms with van der Waals surface area (Å²) in [6.07, 6.45) is -3.84. The lowest BCUT2D eigenvalue weighted by Crippen LogP contribution is -2.34. The van der Waals surface area contributed by atoms with Crippen molar-refractivity contribution in [2.75, 3.05) is 5.73 Å². The SMILES string of the molecule is Nc1ncnc2c1ncn2[C@@H]1O[C@H]([C@H](O)c2ccc(F)c(Cl)c2)[C@@H](O)[C@H]1O. The zero-order valence-corrected chi connectivity index (χ0v) is 14.4. The lowest BCUT2D eigenvalue weighted by atomic mass is 9.99. The average Bonchev–Trinajstić information content (AvgIpc) is 3.20. The number of anilines is 1. The summed E-state index contributed by atoms with van der Waals surface area (Å²) in [6.45, 7) is 0. The summed E-state index contributed by atoms with van der Waals surface area (Å²) in [6, 6.07) is 3.65. The molecule has 0 unspecified atom stereocenters. The molecule has 0 bridgehead atoms. The fourth-order valence-corrected chi connectivity index (χ4v) is 3.31. The Hall–Kier alpha value is -2.37. The van der Waals surface area contributed by atoms with Gasteiger partial charge in [0.1, 0.15) is 42.1 Å². The van der Waals surface area contributed by atoms with Crippen LogP contribution in [0.1, 0.15) is 17.9 Å². The summed E-state index contributed by atoms with van der Waals surface area (Å²) in [4.78, 5) is 12.0. The van der Waals surface area contributed by atoms with E-state index in [2.05, 4.69) is 15.0 Å². The van der Waals surface area contributed by atoms with E-state index in [4.69, 9.17) is 22.1 Å². The van der Waals surface area contributed by atoms with E-state index in [0.29, 0.717) is 11.2 Å². The number of hydrogen-bond donors (Lipinski definition) is 4. The van der Waals surface area contributed by atoms with Crippen LogP contribution in [0, 0.1) is 5.82 Å². The number of aromatic nitrogens is 4. The van der Waals surface area contributed by atoms with Crippen molar-refractivity contribution in [1.82, 2.24) is 19.5 Å². The van der Waals surface area contributed by atoms with E-state index in [0.717, 1.165) is 6.07 Å². The molecule has 0 amide bonds. The Morgan fingerprint density at radius 1 is 1.22 bits per heavy atom. The second-order valence-corrected chi connectivity index (χ2v) is 6.58. The number of imidazole rings is 1. The minimum Gasteiger partial charge on any atom is -0.387 e. The number of aliphatic hydroxyl groups is 3. The first-order chi connectivity index (χ1) is 12.9. The van der Waals surface area contributed by atoms with Crippen LogP contribution in [0.5, 0.6) is 0 Å². The van der Waals surface area contributed by atoms with Gasteiger partial charge in [0.2, 0.25) is 0 Å². The van der Waals surface area contributed by atoms with Gasteiger partial charge in [-0.25, -0.2) is 19.3 Å². The minimum atomic E-state index is -1.43. The molecule has 9 nitrogen and oxygen atoms in total. The van der Waals surface area contributed by atoms with Crippen LogP contribution in [0.2, 0.25) is 5.02 Å². The molecular formula is C16H15ClFN5O4. The average molecular weight is 396 g/mol. The number of hydrogen-bond acceptors (Lipinski definition) is 8. The fourth-order valence-electron chi connectivity index (χ4n) is 3.12. The van der Waals surface area contributed by atoms with Crippen molar-refractivity contribution in [3.63, 3.8) is 0 Å². The molecule has 142 valence electrons. The van der Waals surface area contributed by atoms with Crippen LogP contribution < -0.4 is 5.73 Å². The van der Waals surface area contributed by atoms with E-state index < -0.39 is 36.5 Å². The molecule has 0 spiro atoms. The monoisotopic (exact) mass is 395 g/mol. The maximum Gasteiger partial charge on any atom is 0.167 e. The first-order valence-electron chi connectivity index (χ1n) is 7.96. The van der Waals surface area contributed by atoms with Gasteiger partial charge in [0.15, 0.2) is 17.7 Å². The van der Waals surface area contributed by atoms with Crippen LogP contribution in [-0.4, -0.2) is 53.2 Å². The van der Waals surface area contributed by atoms with E-state index >= 15 is 0 Å². The van der Waals surface area contributed by atoms with Crippen molar-refractivity contribution in [3.05, 3.63) is 47.3 Å². The Bertz CT molecular complexity index is 1000. The van der Waals surface area contributed by atoms with Crippen LogP contribution >= 0.6 is 11.6 Å². The van der Waals surface area contributed by atoms with E-state index in [1.165, 1.54) is 29.4 Å². The molecule has 1 aromatic carbocycles. The summed E-state index contributed by atoms with van der Waals surface area (Å²) in [7, 11) is 0. The number of aliphatic hydroxyl groups excluding tert-OH is 3. The number of nitrogens with zero attached hydrogens (tertiary/aromatic N) is 4. The smallest absolute Gasteiger partial charge is 0.167 e. The Balaban J connectivity index is 1.66. The van der Waals surface area contributed by atoms with Gasteiger partial charge < -0.3 is 25.8 Å². The van der Waals surface area contributed by atoms with E-state index in [-0.39, 0.29) is 16.4 Å². The summed E-state index contributed by atoms with van der Waals surface area (Å²) in [5.74, 6) is -0.482. The Morgan fingerprint density at radius 2 is 2.00 bits per heavy atom. The van der Waals surface area contributed by atoms with Gasteiger partial charge in [-0.05, 0) is 17.7 Å². The third-order valence-electron chi connectivity index (χ3n) is 4.53. The van der Waals surface area contributed by atoms with Gasteiger partial charge in [-0.3, -0.25) is 4.57 Å². The Kier molecular flexibility index (Phi) is 4.44. The second-order valence-electron chi connectivity index (χ2n) is 6.17. The van der Waals surface area contributed by atoms with Crippen LogP contribution in [0.25, 0.3) is 11.2 Å². The summed E-state index contributed by atoms with van der Waals surface area (Å²) in [5.41, 5.74) is 6.60. The molecule has 5 atom stereocenters. The van der Waals surface area contributed by atoms with Gasteiger partial charge in [-0.1, -0.05) is 17.7 Å². The predicted octanol–water partition coefficient (Wildman–Crippen LogP) is 0.554. The van der Waals surface area contributed by atoms with Crippen LogP contribution in [0.4, 0.5) is 10.2 Å². The fraction of sp³-hybridized carbons (Fsp3) is 0.312. The Labute approximate surface area is 156 Å². The van der Waals surface area contributed by atoms with Gasteiger partial charge >= 0.3 is 0 Å². The molecule has 1 fully saturated rings. The highest BCUT2D eigenvalue weighted by Gasteiger charge is 2.47. The summed E-state index contributed by atoms with van der Waals surface area (Å²) >= 11 is 5.74. The van der Waals surface area contributed by atoms with Crippen molar-refractivity contribution >= 4 is 28.6 Å². The van der Waals surface area contributed by atoms with Gasteiger partial charge in [0.25, 0.3) is 0 Å². The second kappa shape index (κ2) is 6.66. The molecule has 1 aliphatic rings. The van der Waals surface area contributed by atoms with Crippen LogP contribution in [0.3, 0.4) is 0 Å². The first kappa shape index (κ1) is 18.0. The van der Waals surface area contributed by atoms with Crippen molar-refractivity contribution in [2.45, 2.75) is 30.6 Å². The van der Waals surface area contributed by atoms with E-state index in [1.807, 2.05) is 0 Å². The Morgan fingerprint density at radius 3 is 2.74 bits per heavy atom. The zero-order chi connectivity index (χ0) is 19.3. The summed E-state index contributed by atoms with van der Waals surface area (Å²) < 4.78 is 20.4. The van der Waals surface area contributed by atoms with Crippen LogP contribution in [-0.2, 0) is 4.74 Å². The lowest BCUT2D eigenvalue weighted by Gasteiger charge is -2.21. The molecule has 11 heteroatoms. The highest BCUT2D eigenvalue weighted by Crippen LogP contribution is 2.37. The number of nitrogens with two attached hydrogens (primary N) is 1. The third kappa shape index (κ3) is 2.91. The summed E-state index contributed by atoms with van der Waals surface area (Å²) in [5, 5.41) is 31.2. The zero-order valence-electron chi connectivity index (χ0n) is 13.6. The largest absolute Gasteiger partial charge is 0.387 e.